The van der Waals surface area contributed by atoms with Crippen LogP contribution in [0.25, 0.3) is 0 Å². The molecule has 0 unspecified atom stereocenters. The summed E-state index contributed by atoms with van der Waals surface area (Å²) in [5.41, 5.74) is 2.88. The summed E-state index contributed by atoms with van der Waals surface area (Å²) in [4.78, 5) is 16.2. The number of carbonyl (C=O) groups is 1. The van der Waals surface area contributed by atoms with Gasteiger partial charge in [-0.05, 0) is 44.7 Å². The number of carbonyl (C=O) groups excluding carboxylic acids is 1. The second kappa shape index (κ2) is 4.85. The van der Waals surface area contributed by atoms with Gasteiger partial charge in [-0.25, -0.2) is 0 Å². The van der Waals surface area contributed by atoms with Crippen LogP contribution in [-0.2, 0) is 10.2 Å². The molecular weight excluding hydrogens is 238 g/mol. The largest absolute Gasteiger partial charge is 0.373 e. The van der Waals surface area contributed by atoms with Gasteiger partial charge in [0.15, 0.2) is 0 Å². The topological polar surface area (TPSA) is 35.6 Å². The average molecular weight is 261 g/mol. The Balaban J connectivity index is 2.35. The lowest BCUT2D eigenvalue weighted by molar-refractivity contribution is -0.121. The molecule has 0 bridgehead atoms. The van der Waals surface area contributed by atoms with E-state index in [4.69, 9.17) is 0 Å². The van der Waals surface area contributed by atoms with Gasteiger partial charge in [-0.2, -0.15) is 0 Å². The minimum Gasteiger partial charge on any atom is -0.373 e. The van der Waals surface area contributed by atoms with Crippen LogP contribution in [0, 0.1) is 0 Å². The maximum Gasteiger partial charge on any atom is 0.236 e. The highest BCUT2D eigenvalue weighted by molar-refractivity contribution is 6.07. The SMILES string of the molecule is CNCCN(C)c1ccc2c(c1)C(C)(C)C(=O)N2C. The highest BCUT2D eigenvalue weighted by atomic mass is 16.2. The van der Waals surface area contributed by atoms with Crippen molar-refractivity contribution in [2.45, 2.75) is 19.3 Å². The molecule has 1 heterocycles. The molecule has 1 N–H and O–H groups in total. The van der Waals surface area contributed by atoms with Crippen LogP contribution in [0.5, 0.6) is 0 Å². The molecule has 2 rings (SSSR count). The molecule has 0 radical (unpaired) electrons. The molecule has 0 spiro atoms. The first-order chi connectivity index (χ1) is 8.89. The van der Waals surface area contributed by atoms with E-state index in [9.17, 15) is 4.79 Å². The zero-order valence-electron chi connectivity index (χ0n) is 12.4. The van der Waals surface area contributed by atoms with Crippen LogP contribution in [0.4, 0.5) is 11.4 Å². The zero-order chi connectivity index (χ0) is 14.2. The van der Waals surface area contributed by atoms with Crippen LogP contribution in [0.15, 0.2) is 18.2 Å². The van der Waals surface area contributed by atoms with Crippen LogP contribution >= 0.6 is 0 Å². The molecule has 1 aliphatic rings. The second-order valence-corrected chi connectivity index (χ2v) is 5.72. The minimum absolute atomic E-state index is 0.164. The highest BCUT2D eigenvalue weighted by Crippen LogP contribution is 2.42. The van der Waals surface area contributed by atoms with E-state index in [-0.39, 0.29) is 5.91 Å². The van der Waals surface area contributed by atoms with Crippen molar-refractivity contribution in [1.82, 2.24) is 5.32 Å². The predicted octanol–water partition coefficient (Wildman–Crippen LogP) is 1.60. The van der Waals surface area contributed by atoms with E-state index in [1.54, 1.807) is 4.90 Å². The van der Waals surface area contributed by atoms with Gasteiger partial charge in [0.05, 0.1) is 5.41 Å². The predicted molar refractivity (Wildman–Crippen MR) is 80.1 cm³/mol. The van der Waals surface area contributed by atoms with E-state index in [0.29, 0.717) is 0 Å². The first-order valence-corrected chi connectivity index (χ1v) is 6.68. The fraction of sp³-hybridized carbons (Fsp3) is 0.533. The third-order valence-corrected chi connectivity index (χ3v) is 3.99. The summed E-state index contributed by atoms with van der Waals surface area (Å²) in [6.07, 6.45) is 0. The molecule has 19 heavy (non-hydrogen) atoms. The van der Waals surface area contributed by atoms with E-state index >= 15 is 0 Å². The molecular formula is C15H23N3O. The van der Waals surface area contributed by atoms with Gasteiger partial charge in [-0.3, -0.25) is 4.79 Å². The normalized spacial score (nSPS) is 16.7. The summed E-state index contributed by atoms with van der Waals surface area (Å²) in [5.74, 6) is 0.164. The molecule has 0 aromatic heterocycles. The van der Waals surface area contributed by atoms with Gasteiger partial charge < -0.3 is 15.1 Å². The quantitative estimate of drug-likeness (QED) is 0.894. The molecule has 4 nitrogen and oxygen atoms in total. The second-order valence-electron chi connectivity index (χ2n) is 5.72. The third-order valence-electron chi connectivity index (χ3n) is 3.99. The summed E-state index contributed by atoms with van der Waals surface area (Å²) < 4.78 is 0. The van der Waals surface area contributed by atoms with Crippen molar-refractivity contribution in [3.8, 4) is 0 Å². The fourth-order valence-corrected chi connectivity index (χ4v) is 2.61. The van der Waals surface area contributed by atoms with Gasteiger partial charge in [0.1, 0.15) is 0 Å². The Morgan fingerprint density at radius 1 is 1.37 bits per heavy atom. The van der Waals surface area contributed by atoms with Gasteiger partial charge >= 0.3 is 0 Å². The van der Waals surface area contributed by atoms with Crippen LogP contribution in [0.3, 0.4) is 0 Å². The van der Waals surface area contributed by atoms with Crippen molar-refractivity contribution in [1.29, 1.82) is 0 Å². The molecule has 0 aliphatic carbocycles. The molecule has 1 aromatic rings. The Kier molecular flexibility index (Phi) is 3.54. The molecule has 4 heteroatoms. The number of anilines is 2. The van der Waals surface area contributed by atoms with E-state index in [1.807, 2.05) is 34.0 Å². The lowest BCUT2D eigenvalue weighted by atomic mass is 9.86. The van der Waals surface area contributed by atoms with E-state index in [2.05, 4.69) is 29.4 Å². The summed E-state index contributed by atoms with van der Waals surface area (Å²) in [6.45, 7) is 5.87. The Bertz CT molecular complexity index is 496. The summed E-state index contributed by atoms with van der Waals surface area (Å²) >= 11 is 0. The van der Waals surface area contributed by atoms with Crippen molar-refractivity contribution in [2.75, 3.05) is 44.0 Å². The van der Waals surface area contributed by atoms with E-state index in [1.165, 1.54) is 0 Å². The Labute approximate surface area is 115 Å². The summed E-state index contributed by atoms with van der Waals surface area (Å²) in [7, 11) is 5.88. The smallest absolute Gasteiger partial charge is 0.236 e. The first-order valence-electron chi connectivity index (χ1n) is 6.68. The zero-order valence-corrected chi connectivity index (χ0v) is 12.4. The maximum absolute atomic E-state index is 12.2. The highest BCUT2D eigenvalue weighted by Gasteiger charge is 2.42. The number of hydrogen-bond acceptors (Lipinski definition) is 3. The van der Waals surface area contributed by atoms with Gasteiger partial charge in [0.2, 0.25) is 5.91 Å². The van der Waals surface area contributed by atoms with Crippen LogP contribution in [0.2, 0.25) is 0 Å². The molecule has 0 saturated heterocycles. The molecule has 0 atom stereocenters. The van der Waals surface area contributed by atoms with Crippen molar-refractivity contribution < 1.29 is 4.79 Å². The lowest BCUT2D eigenvalue weighted by Crippen LogP contribution is -2.33. The van der Waals surface area contributed by atoms with E-state index < -0.39 is 5.41 Å². The van der Waals surface area contributed by atoms with Gasteiger partial charge in [0.25, 0.3) is 0 Å². The summed E-state index contributed by atoms with van der Waals surface area (Å²) in [5, 5.41) is 3.15. The van der Waals surface area contributed by atoms with Crippen molar-refractivity contribution >= 4 is 17.3 Å². The fourth-order valence-electron chi connectivity index (χ4n) is 2.61. The van der Waals surface area contributed by atoms with Crippen molar-refractivity contribution in [2.24, 2.45) is 0 Å². The molecule has 0 saturated carbocycles. The van der Waals surface area contributed by atoms with Gasteiger partial charge in [-0.15, -0.1) is 0 Å². The maximum atomic E-state index is 12.2. The number of nitrogens with zero attached hydrogens (tertiary/aromatic N) is 2. The Morgan fingerprint density at radius 2 is 2.05 bits per heavy atom. The molecule has 1 aliphatic heterocycles. The number of amides is 1. The summed E-state index contributed by atoms with van der Waals surface area (Å²) in [6, 6.07) is 6.28. The molecule has 1 amide bonds. The average Bonchev–Trinajstić information content (AvgIpc) is 2.57. The molecule has 1 aromatic carbocycles. The van der Waals surface area contributed by atoms with E-state index in [0.717, 1.165) is 30.0 Å². The molecule has 0 fully saturated rings. The van der Waals surface area contributed by atoms with Crippen molar-refractivity contribution in [3.05, 3.63) is 23.8 Å². The van der Waals surface area contributed by atoms with Crippen molar-refractivity contribution in [3.63, 3.8) is 0 Å². The number of likely N-dealkylation sites (N-methyl/N-ethyl adjacent to an activating group) is 3. The van der Waals surface area contributed by atoms with Crippen LogP contribution in [-0.4, -0.2) is 40.1 Å². The first kappa shape index (κ1) is 13.9. The molecule has 104 valence electrons. The standard InChI is InChI=1S/C15H23N3O/c1-15(2)12-10-11(17(4)9-8-16-3)6-7-13(12)18(5)14(15)19/h6-7,10,16H,8-9H2,1-5H3. The van der Waals surface area contributed by atoms with Gasteiger partial charge in [-0.1, -0.05) is 0 Å². The monoisotopic (exact) mass is 261 g/mol. The number of benzene rings is 1. The van der Waals surface area contributed by atoms with Crippen LogP contribution < -0.4 is 15.1 Å². The van der Waals surface area contributed by atoms with Crippen LogP contribution in [0.1, 0.15) is 19.4 Å². The Morgan fingerprint density at radius 3 is 2.68 bits per heavy atom. The number of rotatable bonds is 4. The number of fused-ring (bicyclic) bond motifs is 1. The lowest BCUT2D eigenvalue weighted by Gasteiger charge is -2.22. The Hall–Kier alpha value is -1.55. The number of nitrogens with one attached hydrogen (secondary N) is 1. The third kappa shape index (κ3) is 2.21. The minimum atomic E-state index is -0.427. The number of hydrogen-bond donors (Lipinski definition) is 1. The van der Waals surface area contributed by atoms with Gasteiger partial charge in [0, 0.05) is 38.6 Å².